The van der Waals surface area contributed by atoms with Gasteiger partial charge in [0.05, 0.1) is 38.6 Å². The summed E-state index contributed by atoms with van der Waals surface area (Å²) >= 11 is 0. The van der Waals surface area contributed by atoms with Crippen LogP contribution in [-0.4, -0.2) is 39.0 Å². The third-order valence-electron chi connectivity index (χ3n) is 26.7. The summed E-state index contributed by atoms with van der Waals surface area (Å²) in [4.78, 5) is 33.0. The van der Waals surface area contributed by atoms with E-state index in [1.807, 2.05) is 24.3 Å². The lowest BCUT2D eigenvalue weighted by molar-refractivity contribution is 0.436. The van der Waals surface area contributed by atoms with Crippen LogP contribution in [-0.2, 0) is 16.2 Å². The molecule has 3 aliphatic carbocycles. The minimum absolute atomic E-state index is 0.479. The molecule has 17 aromatic carbocycles. The van der Waals surface area contributed by atoms with Gasteiger partial charge in [0, 0.05) is 93.8 Å². The number of para-hydroxylation sites is 6. The Kier molecular flexibility index (Phi) is 14.6. The Balaban J connectivity index is 0.602. The molecule has 5 aliphatic rings. The van der Waals surface area contributed by atoms with E-state index in [4.69, 9.17) is 39.4 Å². The monoisotopic (exact) mass is 1570 g/mol. The number of hydrogen-bond donors (Lipinski definition) is 0. The van der Waals surface area contributed by atoms with E-state index in [0.29, 0.717) is 34.9 Å². The summed E-state index contributed by atoms with van der Waals surface area (Å²) in [7, 11) is 0. The SMILES string of the molecule is CC1(C)c2ccccc2-c2c(-c3nc(-c4ccccc4)nc(-c4cccc(-c5ccc(-c6nc(-c7ccccc7)nc(-c7cccc8c7c7ccccc7n8-c7cccc8c7-c7ccccc7C87c8ccccc8Oc8ccccc87)n6)cc5)c4)n3)cc3c4ccccc4n(-c4ccc5c(c4)C4(c6ccccc6Oc6ccccc64)c4ccccc4-5)c3c21. The molecule has 0 amide bonds. The maximum Gasteiger partial charge on any atom is 0.164 e. The van der Waals surface area contributed by atoms with E-state index in [2.05, 4.69) is 387 Å². The van der Waals surface area contributed by atoms with Gasteiger partial charge in [-0.25, -0.2) is 29.9 Å². The van der Waals surface area contributed by atoms with Crippen LogP contribution >= 0.6 is 0 Å². The van der Waals surface area contributed by atoms with Crippen LogP contribution in [0.5, 0.6) is 23.0 Å². The van der Waals surface area contributed by atoms with E-state index in [-0.39, 0.29) is 0 Å². The average molecular weight is 1570 g/mol. The van der Waals surface area contributed by atoms with Crippen molar-refractivity contribution in [2.24, 2.45) is 0 Å². The van der Waals surface area contributed by atoms with Gasteiger partial charge in [0.15, 0.2) is 34.9 Å². The quantitative estimate of drug-likeness (QED) is 0.141. The number of nitrogens with zero attached hydrogens (tertiary/aromatic N) is 8. The molecule has 10 heteroatoms. The zero-order chi connectivity index (χ0) is 81.0. The molecule has 123 heavy (non-hydrogen) atoms. The lowest BCUT2D eigenvalue weighted by Gasteiger charge is -2.39. The maximum absolute atomic E-state index is 6.82. The average Bonchev–Trinajstić information content (AvgIpc) is 1.54. The van der Waals surface area contributed by atoms with Gasteiger partial charge in [0.25, 0.3) is 0 Å². The molecule has 0 bridgehead atoms. The minimum Gasteiger partial charge on any atom is -0.457 e. The highest BCUT2D eigenvalue weighted by Gasteiger charge is 2.54. The number of hydrogen-bond acceptors (Lipinski definition) is 8. The molecule has 0 saturated heterocycles. The van der Waals surface area contributed by atoms with Crippen LogP contribution in [0, 0.1) is 0 Å². The minimum atomic E-state index is -0.657. The molecular formula is C113H70N8O2. The molecule has 21 aromatic rings. The number of benzene rings is 17. The van der Waals surface area contributed by atoms with Gasteiger partial charge in [-0.1, -0.05) is 329 Å². The summed E-state index contributed by atoms with van der Waals surface area (Å²) in [5.74, 6) is 6.89. The normalized spacial score (nSPS) is 13.9. The first-order valence-corrected chi connectivity index (χ1v) is 42.1. The van der Waals surface area contributed by atoms with Crippen LogP contribution in [0.4, 0.5) is 0 Å². The first-order valence-electron chi connectivity index (χ1n) is 42.1. The number of ether oxygens (including phenoxy) is 2. The second kappa shape index (κ2) is 26.0. The largest absolute Gasteiger partial charge is 0.457 e. The molecule has 4 aromatic heterocycles. The Morgan fingerprint density at radius 3 is 1.26 bits per heavy atom. The molecule has 0 radical (unpaired) electrons. The van der Waals surface area contributed by atoms with Crippen molar-refractivity contribution in [2.45, 2.75) is 30.1 Å². The van der Waals surface area contributed by atoms with Crippen molar-refractivity contribution < 1.29 is 9.47 Å². The van der Waals surface area contributed by atoms with Crippen LogP contribution < -0.4 is 9.47 Å². The summed E-state index contributed by atoms with van der Waals surface area (Å²) in [5, 5.41) is 4.38. The smallest absolute Gasteiger partial charge is 0.164 e. The fraction of sp³-hybridized carbons (Fsp3) is 0.0442. The second-order valence-electron chi connectivity index (χ2n) is 33.4. The summed E-state index contributed by atoms with van der Waals surface area (Å²) < 4.78 is 18.6. The molecule has 0 N–H and O–H groups in total. The standard InChI is InChI=1S/C113H70N8O2/c1-111(2)83-42-14-10-38-77(83)101-82(66-81-76-37-12-21-50-92(76)120(104(81)103(101)111)73-62-63-75-74-36-9-15-43-84(74)113(91(75)65-73)88-47-19-25-56-98(88)123-99-57-26-20-48-89(99)113)110-118-106(69-32-7-4-8-33-69)115-108(119-110)72-35-27-34-71(64-72)67-58-60-70(61-59-67)107-114-105(68-30-5-3-6-31-68)116-109(117-107)80-41-28-52-94-100(80)79-40-13-22-51-93(79)121(94)95-53-29-49-90-102(95)78-39-11-16-44-85(78)112(90)86-45-17-23-54-96(86)122-97-55-24-18-46-87(97)112/h3-66H,1-2H3. The van der Waals surface area contributed by atoms with Crippen LogP contribution in [0.15, 0.2) is 388 Å². The van der Waals surface area contributed by atoms with Crippen molar-refractivity contribution >= 4 is 43.6 Å². The molecule has 10 nitrogen and oxygen atoms in total. The van der Waals surface area contributed by atoms with E-state index >= 15 is 0 Å². The third kappa shape index (κ3) is 9.68. The maximum atomic E-state index is 6.82. The van der Waals surface area contributed by atoms with Crippen LogP contribution in [0.1, 0.15) is 69.5 Å². The van der Waals surface area contributed by atoms with Gasteiger partial charge >= 0.3 is 0 Å². The Morgan fingerprint density at radius 1 is 0.236 bits per heavy atom. The van der Waals surface area contributed by atoms with Crippen molar-refractivity contribution in [3.05, 3.63) is 444 Å². The summed E-state index contributed by atoms with van der Waals surface area (Å²) in [5.41, 5.74) is 31.0. The highest BCUT2D eigenvalue weighted by Crippen LogP contribution is 2.66. The van der Waals surface area contributed by atoms with Crippen molar-refractivity contribution in [2.75, 3.05) is 0 Å². The van der Waals surface area contributed by atoms with Gasteiger partial charge in [-0.2, -0.15) is 0 Å². The molecule has 574 valence electrons. The highest BCUT2D eigenvalue weighted by atomic mass is 16.5. The lowest BCUT2D eigenvalue weighted by atomic mass is 9.66. The zero-order valence-electron chi connectivity index (χ0n) is 66.8. The fourth-order valence-corrected chi connectivity index (χ4v) is 21.7. The Morgan fingerprint density at radius 2 is 0.642 bits per heavy atom. The summed E-state index contributed by atoms with van der Waals surface area (Å²) in [6, 6.07) is 139. The predicted octanol–water partition coefficient (Wildman–Crippen LogP) is 27.2. The number of rotatable bonds is 9. The number of aromatic nitrogens is 8. The van der Waals surface area contributed by atoms with Gasteiger partial charge in [0.1, 0.15) is 23.0 Å². The molecule has 0 saturated carbocycles. The first-order chi connectivity index (χ1) is 60.7. The molecule has 0 atom stereocenters. The predicted molar refractivity (Wildman–Crippen MR) is 492 cm³/mol. The molecular weight excluding hydrogens is 1500 g/mol. The van der Waals surface area contributed by atoms with Crippen molar-refractivity contribution in [1.29, 1.82) is 0 Å². The lowest BCUT2D eigenvalue weighted by Crippen LogP contribution is -2.32. The molecule has 2 aliphatic heterocycles. The van der Waals surface area contributed by atoms with Crippen LogP contribution in [0.2, 0.25) is 0 Å². The molecule has 2 spiro atoms. The summed E-state index contributed by atoms with van der Waals surface area (Å²) in [6.45, 7) is 4.78. The van der Waals surface area contributed by atoms with E-state index in [0.717, 1.165) is 156 Å². The molecule has 26 rings (SSSR count). The van der Waals surface area contributed by atoms with E-state index in [1.54, 1.807) is 0 Å². The van der Waals surface area contributed by atoms with Crippen LogP contribution in [0.3, 0.4) is 0 Å². The van der Waals surface area contributed by atoms with Gasteiger partial charge in [0.2, 0.25) is 0 Å². The van der Waals surface area contributed by atoms with Gasteiger partial charge in [-0.15, -0.1) is 0 Å². The molecule has 6 heterocycles. The van der Waals surface area contributed by atoms with Gasteiger partial charge < -0.3 is 18.6 Å². The Bertz CT molecular complexity index is 8030. The molecule has 0 unspecified atom stereocenters. The van der Waals surface area contributed by atoms with Crippen molar-refractivity contribution in [3.8, 4) is 147 Å². The van der Waals surface area contributed by atoms with Crippen molar-refractivity contribution in [3.63, 3.8) is 0 Å². The van der Waals surface area contributed by atoms with E-state index < -0.39 is 16.2 Å². The zero-order valence-corrected chi connectivity index (χ0v) is 66.8. The van der Waals surface area contributed by atoms with E-state index in [1.165, 1.54) is 55.6 Å². The Hall–Kier alpha value is -16.0. The highest BCUT2D eigenvalue weighted by molar-refractivity contribution is 6.18. The molecule has 0 fully saturated rings. The second-order valence-corrected chi connectivity index (χ2v) is 33.4. The van der Waals surface area contributed by atoms with Gasteiger partial charge in [-0.3, -0.25) is 0 Å². The van der Waals surface area contributed by atoms with Gasteiger partial charge in [-0.05, 0) is 145 Å². The van der Waals surface area contributed by atoms with Crippen molar-refractivity contribution in [1.82, 2.24) is 39.0 Å². The topological polar surface area (TPSA) is 106 Å². The number of fused-ring (bicyclic) bond motifs is 28. The fourth-order valence-electron chi connectivity index (χ4n) is 21.7. The summed E-state index contributed by atoms with van der Waals surface area (Å²) in [6.07, 6.45) is 0. The van der Waals surface area contributed by atoms with Crippen LogP contribution in [0.25, 0.3) is 168 Å². The Labute approximate surface area is 708 Å². The van der Waals surface area contributed by atoms with E-state index in [9.17, 15) is 0 Å². The first kappa shape index (κ1) is 69.0. The third-order valence-corrected chi connectivity index (χ3v) is 26.7.